The fraction of sp³-hybridized carbons (Fsp3) is 0.588. The Morgan fingerprint density at radius 1 is 1.35 bits per heavy atom. The van der Waals surface area contributed by atoms with Crippen LogP contribution in [0.5, 0.6) is 0 Å². The van der Waals surface area contributed by atoms with E-state index in [1.54, 1.807) is 26.1 Å². The normalized spacial score (nSPS) is 15.7. The van der Waals surface area contributed by atoms with Crippen LogP contribution in [0, 0.1) is 5.92 Å². The lowest BCUT2D eigenvalue weighted by Crippen LogP contribution is -2.40. The lowest BCUT2D eigenvalue weighted by molar-refractivity contribution is -0.138. The molecule has 0 bridgehead atoms. The molecule has 1 N–H and O–H groups in total. The van der Waals surface area contributed by atoms with Gasteiger partial charge in [-0.3, -0.25) is 9.59 Å². The summed E-state index contributed by atoms with van der Waals surface area (Å²) in [7, 11) is 0. The molecule has 1 aliphatic rings. The van der Waals surface area contributed by atoms with Crippen LogP contribution in [0.2, 0.25) is 0 Å². The van der Waals surface area contributed by atoms with E-state index in [9.17, 15) is 9.59 Å². The molecular formula is C17H25N3O3. The zero-order chi connectivity index (χ0) is 17.0. The minimum atomic E-state index is -1.01. The van der Waals surface area contributed by atoms with Gasteiger partial charge in [0.15, 0.2) is 0 Å². The van der Waals surface area contributed by atoms with Gasteiger partial charge < -0.3 is 14.9 Å². The van der Waals surface area contributed by atoms with Gasteiger partial charge in [0, 0.05) is 25.3 Å². The molecule has 0 atom stereocenters. The molecule has 1 aromatic heterocycles. The summed E-state index contributed by atoms with van der Waals surface area (Å²) < 4.78 is 0. The second kappa shape index (κ2) is 7.44. The summed E-state index contributed by atoms with van der Waals surface area (Å²) in [4.78, 5) is 31.3. The van der Waals surface area contributed by atoms with Crippen molar-refractivity contribution >= 4 is 17.7 Å². The van der Waals surface area contributed by atoms with E-state index in [2.05, 4.69) is 16.8 Å². The molecule has 0 aliphatic carbocycles. The van der Waals surface area contributed by atoms with E-state index < -0.39 is 5.97 Å². The molecule has 0 spiro atoms. The van der Waals surface area contributed by atoms with Crippen LogP contribution < -0.4 is 4.90 Å². The maximum absolute atomic E-state index is 12.5. The van der Waals surface area contributed by atoms with Crippen molar-refractivity contribution in [3.63, 3.8) is 0 Å². The van der Waals surface area contributed by atoms with Crippen LogP contribution in [0.25, 0.3) is 0 Å². The van der Waals surface area contributed by atoms with Gasteiger partial charge in [-0.25, -0.2) is 4.98 Å². The number of piperidine rings is 1. The largest absolute Gasteiger partial charge is 0.480 e. The third-order valence-corrected chi connectivity index (χ3v) is 4.29. The number of hydrogen-bond acceptors (Lipinski definition) is 4. The van der Waals surface area contributed by atoms with Gasteiger partial charge >= 0.3 is 5.97 Å². The number of nitrogens with zero attached hydrogens (tertiary/aromatic N) is 3. The number of carboxylic acid groups (broad SMARTS) is 1. The average molecular weight is 319 g/mol. The fourth-order valence-electron chi connectivity index (χ4n) is 2.74. The van der Waals surface area contributed by atoms with Gasteiger partial charge in [0.05, 0.1) is 5.56 Å². The number of amides is 1. The van der Waals surface area contributed by atoms with E-state index in [1.807, 2.05) is 6.07 Å². The van der Waals surface area contributed by atoms with Crippen molar-refractivity contribution in [3.05, 3.63) is 23.9 Å². The zero-order valence-electron chi connectivity index (χ0n) is 14.0. The van der Waals surface area contributed by atoms with Crippen LogP contribution in [0.15, 0.2) is 18.3 Å². The smallest absolute Gasteiger partial charge is 0.323 e. The molecule has 126 valence electrons. The van der Waals surface area contributed by atoms with E-state index in [4.69, 9.17) is 5.11 Å². The van der Waals surface area contributed by atoms with Crippen molar-refractivity contribution in [2.24, 2.45) is 5.92 Å². The quantitative estimate of drug-likeness (QED) is 0.901. The molecule has 2 heterocycles. The number of carboxylic acids is 1. The molecule has 1 amide bonds. The Kier molecular flexibility index (Phi) is 5.58. The van der Waals surface area contributed by atoms with Crippen LogP contribution in [0.4, 0.5) is 5.82 Å². The topological polar surface area (TPSA) is 73.7 Å². The minimum Gasteiger partial charge on any atom is -0.480 e. The van der Waals surface area contributed by atoms with Gasteiger partial charge in [0.1, 0.15) is 12.4 Å². The highest BCUT2D eigenvalue weighted by Gasteiger charge is 2.22. The van der Waals surface area contributed by atoms with Crippen LogP contribution in [-0.4, -0.2) is 52.5 Å². The number of aromatic nitrogens is 1. The zero-order valence-corrected chi connectivity index (χ0v) is 14.0. The van der Waals surface area contributed by atoms with Gasteiger partial charge in [0.2, 0.25) is 0 Å². The molecule has 2 rings (SSSR count). The number of pyridine rings is 1. The fourth-order valence-corrected chi connectivity index (χ4v) is 2.74. The number of carbonyl (C=O) groups excluding carboxylic acids is 1. The molecule has 1 saturated heterocycles. The molecule has 6 heteroatoms. The summed E-state index contributed by atoms with van der Waals surface area (Å²) in [6, 6.07) is 3.41. The van der Waals surface area contributed by atoms with Gasteiger partial charge in [-0.1, -0.05) is 6.92 Å². The highest BCUT2D eigenvalue weighted by atomic mass is 16.4. The minimum absolute atomic E-state index is 0.179. The number of rotatable bonds is 5. The number of hydrogen-bond donors (Lipinski definition) is 1. The Balaban J connectivity index is 2.08. The van der Waals surface area contributed by atoms with Crippen molar-refractivity contribution in [1.29, 1.82) is 0 Å². The second-order valence-electron chi connectivity index (χ2n) is 6.50. The van der Waals surface area contributed by atoms with Crippen molar-refractivity contribution in [3.8, 4) is 0 Å². The van der Waals surface area contributed by atoms with E-state index in [-0.39, 0.29) is 18.5 Å². The molecule has 1 aromatic rings. The average Bonchev–Trinajstić information content (AvgIpc) is 2.52. The first kappa shape index (κ1) is 17.2. The summed E-state index contributed by atoms with van der Waals surface area (Å²) in [5.74, 6) is 0.318. The third kappa shape index (κ3) is 4.43. The monoisotopic (exact) mass is 319 g/mol. The van der Waals surface area contributed by atoms with E-state index in [0.29, 0.717) is 5.56 Å². The van der Waals surface area contributed by atoms with Crippen molar-refractivity contribution in [1.82, 2.24) is 9.88 Å². The molecule has 0 saturated carbocycles. The van der Waals surface area contributed by atoms with Crippen LogP contribution in [-0.2, 0) is 4.79 Å². The third-order valence-electron chi connectivity index (χ3n) is 4.29. The van der Waals surface area contributed by atoms with E-state index in [0.717, 1.165) is 37.7 Å². The summed E-state index contributed by atoms with van der Waals surface area (Å²) in [5.41, 5.74) is 0.425. The summed E-state index contributed by atoms with van der Waals surface area (Å²) in [6.07, 6.45) is 3.86. The highest BCUT2D eigenvalue weighted by molar-refractivity contribution is 5.95. The first-order valence-corrected chi connectivity index (χ1v) is 8.12. The standard InChI is InChI=1S/C17H25N3O3/c1-12(2)20(11-16(21)22)17(23)14-4-5-15(18-10-14)19-8-6-13(3)7-9-19/h4-5,10,12-13H,6-9,11H2,1-3H3,(H,21,22). The molecule has 0 radical (unpaired) electrons. The van der Waals surface area contributed by atoms with Crippen molar-refractivity contribution in [2.75, 3.05) is 24.5 Å². The van der Waals surface area contributed by atoms with Gasteiger partial charge in [0.25, 0.3) is 5.91 Å². The Hall–Kier alpha value is -2.11. The predicted octanol–water partition coefficient (Wildman–Crippen LogP) is 2.25. The van der Waals surface area contributed by atoms with Crippen molar-refractivity contribution < 1.29 is 14.7 Å². The lowest BCUT2D eigenvalue weighted by Gasteiger charge is -2.31. The molecule has 6 nitrogen and oxygen atoms in total. The first-order valence-electron chi connectivity index (χ1n) is 8.12. The Bertz CT molecular complexity index is 549. The first-order chi connectivity index (χ1) is 10.9. The van der Waals surface area contributed by atoms with Crippen molar-refractivity contribution in [2.45, 2.75) is 39.7 Å². The molecule has 23 heavy (non-hydrogen) atoms. The maximum atomic E-state index is 12.5. The van der Waals surface area contributed by atoms with Gasteiger partial charge in [-0.05, 0) is 44.7 Å². The Morgan fingerprint density at radius 2 is 2.00 bits per heavy atom. The number of anilines is 1. The molecule has 1 fully saturated rings. The highest BCUT2D eigenvalue weighted by Crippen LogP contribution is 2.21. The second-order valence-corrected chi connectivity index (χ2v) is 6.50. The van der Waals surface area contributed by atoms with E-state index in [1.165, 1.54) is 4.90 Å². The molecule has 0 unspecified atom stereocenters. The number of aliphatic carboxylic acids is 1. The summed E-state index contributed by atoms with van der Waals surface area (Å²) in [6.45, 7) is 7.53. The Morgan fingerprint density at radius 3 is 2.48 bits per heavy atom. The van der Waals surface area contributed by atoms with Crippen LogP contribution in [0.1, 0.15) is 44.0 Å². The Labute approximate surface area is 137 Å². The van der Waals surface area contributed by atoms with Crippen LogP contribution >= 0.6 is 0 Å². The maximum Gasteiger partial charge on any atom is 0.323 e. The summed E-state index contributed by atoms with van der Waals surface area (Å²) >= 11 is 0. The molecule has 0 aromatic carbocycles. The predicted molar refractivity (Wildman–Crippen MR) is 88.7 cm³/mol. The van der Waals surface area contributed by atoms with Gasteiger partial charge in [-0.2, -0.15) is 0 Å². The SMILES string of the molecule is CC1CCN(c2ccc(C(=O)N(CC(=O)O)C(C)C)cn2)CC1. The lowest BCUT2D eigenvalue weighted by atomic mass is 9.99. The van der Waals surface area contributed by atoms with Gasteiger partial charge in [-0.15, -0.1) is 0 Å². The summed E-state index contributed by atoms with van der Waals surface area (Å²) in [5, 5.41) is 8.95. The van der Waals surface area contributed by atoms with Crippen LogP contribution in [0.3, 0.4) is 0 Å². The molecule has 1 aliphatic heterocycles. The number of carbonyl (C=O) groups is 2. The molecular weight excluding hydrogens is 294 g/mol. The van der Waals surface area contributed by atoms with E-state index >= 15 is 0 Å².